The van der Waals surface area contributed by atoms with E-state index in [0.717, 1.165) is 25.2 Å². The molecule has 17 heavy (non-hydrogen) atoms. The minimum absolute atomic E-state index is 0.337. The molecule has 1 aliphatic rings. The van der Waals surface area contributed by atoms with Crippen molar-refractivity contribution >= 4 is 23.3 Å². The van der Waals surface area contributed by atoms with Crippen molar-refractivity contribution in [1.29, 1.82) is 0 Å². The Kier molecular flexibility index (Phi) is 3.57. The molecule has 3 nitrogen and oxygen atoms in total. The van der Waals surface area contributed by atoms with Gasteiger partial charge in [0, 0.05) is 18.1 Å². The van der Waals surface area contributed by atoms with E-state index in [9.17, 15) is 9.90 Å². The van der Waals surface area contributed by atoms with Gasteiger partial charge < -0.3 is 10.0 Å². The number of hydrogen-bond donors (Lipinski definition) is 1. The first-order valence-electron chi connectivity index (χ1n) is 5.85. The van der Waals surface area contributed by atoms with Gasteiger partial charge in [-0.2, -0.15) is 0 Å². The summed E-state index contributed by atoms with van der Waals surface area (Å²) in [7, 11) is 0. The van der Waals surface area contributed by atoms with Crippen LogP contribution < -0.4 is 4.90 Å². The topological polar surface area (TPSA) is 40.5 Å². The lowest BCUT2D eigenvalue weighted by atomic mass is 9.99. The number of halogens is 1. The van der Waals surface area contributed by atoms with Crippen LogP contribution in [-0.2, 0) is 0 Å². The quantitative estimate of drug-likeness (QED) is 0.879. The summed E-state index contributed by atoms with van der Waals surface area (Å²) in [4.78, 5) is 13.3. The molecule has 1 aliphatic heterocycles. The van der Waals surface area contributed by atoms with Crippen molar-refractivity contribution in [3.05, 3.63) is 28.8 Å². The number of carboxylic acid groups (broad SMARTS) is 1. The Bertz CT molecular complexity index is 433. The maximum atomic E-state index is 11.2. The van der Waals surface area contributed by atoms with Crippen LogP contribution in [0.3, 0.4) is 0 Å². The van der Waals surface area contributed by atoms with Crippen LogP contribution in [-0.4, -0.2) is 24.2 Å². The average Bonchev–Trinajstić information content (AvgIpc) is 2.28. The van der Waals surface area contributed by atoms with Gasteiger partial charge in [-0.3, -0.25) is 0 Å². The maximum absolute atomic E-state index is 11.2. The monoisotopic (exact) mass is 253 g/mol. The lowest BCUT2D eigenvalue weighted by Gasteiger charge is -2.33. The molecule has 4 heteroatoms. The molecular formula is C13H16ClNO2. The molecule has 0 aromatic heterocycles. The fraction of sp³-hybridized carbons (Fsp3) is 0.462. The Balaban J connectivity index is 2.35. The Labute approximate surface area is 106 Å². The summed E-state index contributed by atoms with van der Waals surface area (Å²) in [6.45, 7) is 4.00. The number of benzene rings is 1. The van der Waals surface area contributed by atoms with Gasteiger partial charge in [0.15, 0.2) is 0 Å². The SMILES string of the molecule is CC1CCCN(c2cc(Cl)ccc2C(=O)O)C1. The van der Waals surface area contributed by atoms with Crippen LogP contribution in [0.2, 0.25) is 5.02 Å². The van der Waals surface area contributed by atoms with E-state index in [1.165, 1.54) is 6.42 Å². The molecule has 0 bridgehead atoms. The molecular weight excluding hydrogens is 238 g/mol. The van der Waals surface area contributed by atoms with Gasteiger partial charge in [0.2, 0.25) is 0 Å². The number of piperidine rings is 1. The molecule has 1 heterocycles. The largest absolute Gasteiger partial charge is 0.478 e. The highest BCUT2D eigenvalue weighted by Crippen LogP contribution is 2.29. The lowest BCUT2D eigenvalue weighted by molar-refractivity contribution is 0.0697. The standard InChI is InChI=1S/C13H16ClNO2/c1-9-3-2-6-15(8-9)12-7-10(14)4-5-11(12)13(16)17/h4-5,7,9H,2-3,6,8H2,1H3,(H,16,17). The second-order valence-electron chi connectivity index (χ2n) is 4.66. The van der Waals surface area contributed by atoms with Crippen LogP contribution in [0.4, 0.5) is 5.69 Å². The molecule has 1 saturated heterocycles. The smallest absolute Gasteiger partial charge is 0.337 e. The first-order valence-corrected chi connectivity index (χ1v) is 6.23. The van der Waals surface area contributed by atoms with E-state index in [0.29, 0.717) is 16.5 Å². The summed E-state index contributed by atoms with van der Waals surface area (Å²) in [6.07, 6.45) is 2.31. The molecule has 1 unspecified atom stereocenters. The number of hydrogen-bond acceptors (Lipinski definition) is 2. The lowest BCUT2D eigenvalue weighted by Crippen LogP contribution is -2.35. The highest BCUT2D eigenvalue weighted by molar-refractivity contribution is 6.31. The van der Waals surface area contributed by atoms with Crippen LogP contribution >= 0.6 is 11.6 Å². The van der Waals surface area contributed by atoms with E-state index in [4.69, 9.17) is 11.6 Å². The highest BCUT2D eigenvalue weighted by atomic mass is 35.5. The average molecular weight is 254 g/mol. The number of nitrogens with zero attached hydrogens (tertiary/aromatic N) is 1. The third kappa shape index (κ3) is 2.72. The minimum atomic E-state index is -0.894. The third-order valence-electron chi connectivity index (χ3n) is 3.19. The minimum Gasteiger partial charge on any atom is -0.478 e. The molecule has 0 radical (unpaired) electrons. The Morgan fingerprint density at radius 1 is 1.53 bits per heavy atom. The Morgan fingerprint density at radius 3 is 2.94 bits per heavy atom. The Hall–Kier alpha value is -1.22. The zero-order chi connectivity index (χ0) is 12.4. The van der Waals surface area contributed by atoms with Gasteiger partial charge in [-0.1, -0.05) is 18.5 Å². The zero-order valence-corrected chi connectivity index (χ0v) is 10.6. The zero-order valence-electron chi connectivity index (χ0n) is 9.82. The summed E-state index contributed by atoms with van der Waals surface area (Å²) >= 11 is 5.96. The van der Waals surface area contributed by atoms with E-state index in [1.807, 2.05) is 0 Å². The van der Waals surface area contributed by atoms with Gasteiger partial charge in [0.1, 0.15) is 0 Å². The van der Waals surface area contributed by atoms with E-state index >= 15 is 0 Å². The van der Waals surface area contributed by atoms with Gasteiger partial charge >= 0.3 is 5.97 Å². The number of carboxylic acids is 1. The second kappa shape index (κ2) is 4.96. The van der Waals surface area contributed by atoms with Crippen molar-refractivity contribution in [1.82, 2.24) is 0 Å². The van der Waals surface area contributed by atoms with Gasteiger partial charge in [0.25, 0.3) is 0 Å². The fourth-order valence-corrected chi connectivity index (χ4v) is 2.52. The first kappa shape index (κ1) is 12.2. The van der Waals surface area contributed by atoms with E-state index in [1.54, 1.807) is 18.2 Å². The van der Waals surface area contributed by atoms with Crippen molar-refractivity contribution in [3.63, 3.8) is 0 Å². The van der Waals surface area contributed by atoms with Gasteiger partial charge in [0.05, 0.1) is 11.3 Å². The van der Waals surface area contributed by atoms with E-state index < -0.39 is 5.97 Å². The van der Waals surface area contributed by atoms with Gasteiger partial charge in [-0.15, -0.1) is 0 Å². The molecule has 2 rings (SSSR count). The van der Waals surface area contributed by atoms with Crippen LogP contribution in [0.1, 0.15) is 30.1 Å². The Morgan fingerprint density at radius 2 is 2.29 bits per heavy atom. The van der Waals surface area contributed by atoms with Crippen molar-refractivity contribution in [3.8, 4) is 0 Å². The highest BCUT2D eigenvalue weighted by Gasteiger charge is 2.21. The summed E-state index contributed by atoms with van der Waals surface area (Å²) in [5.41, 5.74) is 1.08. The van der Waals surface area contributed by atoms with Gasteiger partial charge in [-0.05, 0) is 37.0 Å². The molecule has 0 saturated carbocycles. The molecule has 1 N–H and O–H groups in total. The van der Waals surface area contributed by atoms with Crippen molar-refractivity contribution < 1.29 is 9.90 Å². The number of anilines is 1. The number of aromatic carboxylic acids is 1. The normalized spacial score (nSPS) is 20.4. The van der Waals surface area contributed by atoms with Crippen molar-refractivity contribution in [2.75, 3.05) is 18.0 Å². The summed E-state index contributed by atoms with van der Waals surface area (Å²) in [5.74, 6) is -0.292. The summed E-state index contributed by atoms with van der Waals surface area (Å²) < 4.78 is 0. The summed E-state index contributed by atoms with van der Waals surface area (Å²) in [6, 6.07) is 4.96. The maximum Gasteiger partial charge on any atom is 0.337 e. The molecule has 1 fully saturated rings. The third-order valence-corrected chi connectivity index (χ3v) is 3.42. The number of rotatable bonds is 2. The number of carbonyl (C=O) groups is 1. The molecule has 1 atom stereocenters. The van der Waals surface area contributed by atoms with Gasteiger partial charge in [-0.25, -0.2) is 4.79 Å². The van der Waals surface area contributed by atoms with E-state index in [2.05, 4.69) is 11.8 Å². The first-order chi connectivity index (χ1) is 8.08. The molecule has 1 aromatic rings. The molecule has 0 spiro atoms. The van der Waals surface area contributed by atoms with E-state index in [-0.39, 0.29) is 0 Å². The second-order valence-corrected chi connectivity index (χ2v) is 5.10. The summed E-state index contributed by atoms with van der Waals surface area (Å²) in [5, 5.41) is 9.77. The van der Waals surface area contributed by atoms with Crippen LogP contribution in [0.25, 0.3) is 0 Å². The molecule has 0 aliphatic carbocycles. The molecule has 1 aromatic carbocycles. The van der Waals surface area contributed by atoms with Crippen LogP contribution in [0.15, 0.2) is 18.2 Å². The molecule has 0 amide bonds. The fourth-order valence-electron chi connectivity index (χ4n) is 2.36. The molecule has 92 valence electrons. The predicted octanol–water partition coefficient (Wildman–Crippen LogP) is 3.27. The predicted molar refractivity (Wildman–Crippen MR) is 69.0 cm³/mol. The van der Waals surface area contributed by atoms with Crippen LogP contribution in [0, 0.1) is 5.92 Å². The van der Waals surface area contributed by atoms with Crippen molar-refractivity contribution in [2.24, 2.45) is 5.92 Å². The van der Waals surface area contributed by atoms with Crippen molar-refractivity contribution in [2.45, 2.75) is 19.8 Å². The van der Waals surface area contributed by atoms with Crippen LogP contribution in [0.5, 0.6) is 0 Å².